The number of carbonyl (C=O) groups excluding carboxylic acids is 1. The van der Waals surface area contributed by atoms with Gasteiger partial charge in [-0.2, -0.15) is 0 Å². The Hall–Kier alpha value is -1.83. The standard InChI is InChI=1S/C27H34O2/c1-18(28)29-21-13-15-26(2)20(17-21)9-10-22-24-12-11-23(19-7-5-4-6-8-19)27(24,3)16-14-25(22)26/h4-9,11,21-22,24-25H,10,12-17H2,1-3H3/t21-,22-,24?,25?,26-,27+/m0/s1. The molecule has 0 bridgehead atoms. The lowest BCUT2D eigenvalue weighted by Crippen LogP contribution is -2.50. The summed E-state index contributed by atoms with van der Waals surface area (Å²) < 4.78 is 5.58. The van der Waals surface area contributed by atoms with Crippen molar-refractivity contribution in [2.75, 3.05) is 0 Å². The fraction of sp³-hybridized carbons (Fsp3) is 0.593. The number of esters is 1. The first-order chi connectivity index (χ1) is 13.9. The molecule has 1 aromatic rings. The van der Waals surface area contributed by atoms with Crippen molar-refractivity contribution < 1.29 is 9.53 Å². The predicted octanol–water partition coefficient (Wildman–Crippen LogP) is 6.57. The third-order valence-electron chi connectivity index (χ3n) is 9.06. The second-order valence-corrected chi connectivity index (χ2v) is 10.4. The van der Waals surface area contributed by atoms with Crippen molar-refractivity contribution >= 4 is 11.5 Å². The highest BCUT2D eigenvalue weighted by atomic mass is 16.5. The van der Waals surface area contributed by atoms with E-state index in [4.69, 9.17) is 4.74 Å². The molecule has 1 aromatic carbocycles. The van der Waals surface area contributed by atoms with Gasteiger partial charge in [0.15, 0.2) is 0 Å². The molecule has 0 spiro atoms. The molecule has 0 aliphatic heterocycles. The Bertz CT molecular complexity index is 866. The molecular formula is C27H34O2. The van der Waals surface area contributed by atoms with Gasteiger partial charge < -0.3 is 4.74 Å². The molecule has 0 radical (unpaired) electrons. The minimum absolute atomic E-state index is 0.0926. The minimum atomic E-state index is -0.133. The number of hydrogen-bond donors (Lipinski definition) is 0. The summed E-state index contributed by atoms with van der Waals surface area (Å²) in [4.78, 5) is 11.4. The normalized spacial score (nSPS) is 40.8. The van der Waals surface area contributed by atoms with E-state index in [1.807, 2.05) is 0 Å². The lowest BCUT2D eigenvalue weighted by Gasteiger charge is -2.57. The maximum atomic E-state index is 11.4. The first-order valence-corrected chi connectivity index (χ1v) is 11.5. The van der Waals surface area contributed by atoms with Crippen LogP contribution in [0.4, 0.5) is 0 Å². The topological polar surface area (TPSA) is 26.3 Å². The number of benzene rings is 1. The summed E-state index contributed by atoms with van der Waals surface area (Å²) in [5.74, 6) is 2.19. The number of rotatable bonds is 2. The lowest BCUT2D eigenvalue weighted by atomic mass is 9.47. The van der Waals surface area contributed by atoms with E-state index in [-0.39, 0.29) is 12.1 Å². The second-order valence-electron chi connectivity index (χ2n) is 10.4. The molecule has 2 fully saturated rings. The van der Waals surface area contributed by atoms with Crippen molar-refractivity contribution in [2.24, 2.45) is 28.6 Å². The van der Waals surface area contributed by atoms with Gasteiger partial charge in [0.25, 0.3) is 0 Å². The van der Waals surface area contributed by atoms with E-state index in [1.165, 1.54) is 37.7 Å². The Labute approximate surface area is 175 Å². The van der Waals surface area contributed by atoms with E-state index >= 15 is 0 Å². The Morgan fingerprint density at radius 3 is 2.48 bits per heavy atom. The molecule has 0 saturated heterocycles. The summed E-state index contributed by atoms with van der Waals surface area (Å²) in [5.41, 5.74) is 5.22. The van der Waals surface area contributed by atoms with Gasteiger partial charge in [-0.15, -0.1) is 0 Å². The van der Waals surface area contributed by atoms with Gasteiger partial charge in [0, 0.05) is 13.3 Å². The zero-order valence-electron chi connectivity index (χ0n) is 18.1. The monoisotopic (exact) mass is 390 g/mol. The number of allylic oxidation sites excluding steroid dienone is 3. The summed E-state index contributed by atoms with van der Waals surface area (Å²) in [6.45, 7) is 6.60. The van der Waals surface area contributed by atoms with Gasteiger partial charge in [-0.3, -0.25) is 4.79 Å². The molecule has 6 atom stereocenters. The van der Waals surface area contributed by atoms with Crippen molar-refractivity contribution in [3.05, 3.63) is 53.6 Å². The second kappa shape index (κ2) is 6.86. The maximum Gasteiger partial charge on any atom is 0.302 e. The molecule has 2 unspecified atom stereocenters. The highest BCUT2D eigenvalue weighted by Crippen LogP contribution is 2.66. The van der Waals surface area contributed by atoms with Crippen LogP contribution in [-0.2, 0) is 9.53 Å². The SMILES string of the molecule is CC(=O)O[C@H]1CC[C@@]2(C)C(=CC[C@@H]3C2CC[C@]2(C)C(c4ccccc4)=CCC32)C1. The van der Waals surface area contributed by atoms with Crippen molar-refractivity contribution in [3.8, 4) is 0 Å². The van der Waals surface area contributed by atoms with Crippen LogP contribution in [0.5, 0.6) is 0 Å². The highest BCUT2D eigenvalue weighted by molar-refractivity contribution is 5.73. The average Bonchev–Trinajstić information content (AvgIpc) is 3.06. The molecule has 4 aliphatic rings. The maximum absolute atomic E-state index is 11.4. The van der Waals surface area contributed by atoms with E-state index < -0.39 is 0 Å². The van der Waals surface area contributed by atoms with Crippen molar-refractivity contribution in [3.63, 3.8) is 0 Å². The van der Waals surface area contributed by atoms with Crippen LogP contribution in [0.1, 0.15) is 71.3 Å². The summed E-state index contributed by atoms with van der Waals surface area (Å²) in [5, 5.41) is 0. The van der Waals surface area contributed by atoms with Gasteiger partial charge >= 0.3 is 5.97 Å². The van der Waals surface area contributed by atoms with Crippen LogP contribution in [0.2, 0.25) is 0 Å². The molecule has 2 saturated carbocycles. The van der Waals surface area contributed by atoms with Crippen LogP contribution in [0.15, 0.2) is 48.1 Å². The number of hydrogen-bond acceptors (Lipinski definition) is 2. The Kier molecular flexibility index (Phi) is 4.53. The molecule has 0 N–H and O–H groups in total. The third-order valence-corrected chi connectivity index (χ3v) is 9.06. The van der Waals surface area contributed by atoms with Gasteiger partial charge in [0.05, 0.1) is 0 Å². The molecule has 4 aliphatic carbocycles. The van der Waals surface area contributed by atoms with Gasteiger partial charge in [0.1, 0.15) is 6.10 Å². The number of fused-ring (bicyclic) bond motifs is 5. The lowest BCUT2D eigenvalue weighted by molar-refractivity contribution is -0.148. The van der Waals surface area contributed by atoms with E-state index in [2.05, 4.69) is 56.3 Å². The molecular weight excluding hydrogens is 356 g/mol. The molecule has 29 heavy (non-hydrogen) atoms. The Morgan fingerprint density at radius 2 is 1.72 bits per heavy atom. The van der Waals surface area contributed by atoms with Crippen LogP contribution in [-0.4, -0.2) is 12.1 Å². The quantitative estimate of drug-likeness (QED) is 0.421. The van der Waals surface area contributed by atoms with Crippen LogP contribution in [0, 0.1) is 28.6 Å². The summed E-state index contributed by atoms with van der Waals surface area (Å²) in [7, 11) is 0. The number of ether oxygens (including phenoxy) is 1. The fourth-order valence-electron chi connectivity index (χ4n) is 7.60. The molecule has 0 amide bonds. The molecule has 0 aromatic heterocycles. The van der Waals surface area contributed by atoms with Crippen molar-refractivity contribution in [2.45, 2.75) is 71.8 Å². The van der Waals surface area contributed by atoms with Crippen molar-refractivity contribution in [1.29, 1.82) is 0 Å². The van der Waals surface area contributed by atoms with Crippen molar-refractivity contribution in [1.82, 2.24) is 0 Å². The average molecular weight is 391 g/mol. The largest absolute Gasteiger partial charge is 0.462 e. The highest BCUT2D eigenvalue weighted by Gasteiger charge is 2.56. The smallest absolute Gasteiger partial charge is 0.302 e. The first-order valence-electron chi connectivity index (χ1n) is 11.5. The Balaban J connectivity index is 1.41. The van der Waals surface area contributed by atoms with Crippen LogP contribution < -0.4 is 0 Å². The summed E-state index contributed by atoms with van der Waals surface area (Å²) >= 11 is 0. The van der Waals surface area contributed by atoms with Gasteiger partial charge in [0.2, 0.25) is 0 Å². The Morgan fingerprint density at radius 1 is 0.966 bits per heavy atom. The van der Waals surface area contributed by atoms with E-state index in [9.17, 15) is 4.79 Å². The van der Waals surface area contributed by atoms with Crippen LogP contribution in [0.25, 0.3) is 5.57 Å². The van der Waals surface area contributed by atoms with E-state index in [0.29, 0.717) is 10.8 Å². The van der Waals surface area contributed by atoms with Gasteiger partial charge in [-0.1, -0.05) is 61.9 Å². The predicted molar refractivity (Wildman–Crippen MR) is 117 cm³/mol. The zero-order valence-corrected chi connectivity index (χ0v) is 18.1. The minimum Gasteiger partial charge on any atom is -0.462 e. The molecule has 2 heteroatoms. The van der Waals surface area contributed by atoms with Crippen LogP contribution in [0.3, 0.4) is 0 Å². The third kappa shape index (κ3) is 2.94. The molecule has 5 rings (SSSR count). The first kappa shape index (κ1) is 19.2. The van der Waals surface area contributed by atoms with Gasteiger partial charge in [-0.05, 0) is 78.2 Å². The fourth-order valence-corrected chi connectivity index (χ4v) is 7.60. The summed E-state index contributed by atoms with van der Waals surface area (Å²) in [6.07, 6.45) is 13.4. The van der Waals surface area contributed by atoms with E-state index in [1.54, 1.807) is 18.1 Å². The molecule has 154 valence electrons. The zero-order chi connectivity index (χ0) is 20.2. The van der Waals surface area contributed by atoms with Gasteiger partial charge in [-0.25, -0.2) is 0 Å². The van der Waals surface area contributed by atoms with Crippen LogP contribution >= 0.6 is 0 Å². The molecule has 2 nitrogen and oxygen atoms in total. The molecule has 0 heterocycles. The van der Waals surface area contributed by atoms with E-state index in [0.717, 1.165) is 30.6 Å². The summed E-state index contributed by atoms with van der Waals surface area (Å²) in [6, 6.07) is 11.1. The number of carbonyl (C=O) groups is 1.